The molecule has 3 aromatic carbocycles. The molecule has 0 aliphatic rings. The molecule has 7 heteroatoms. The first-order valence-electron chi connectivity index (χ1n) is 11.7. The van der Waals surface area contributed by atoms with Crippen LogP contribution in [0.1, 0.15) is 57.0 Å². The molecule has 4 rings (SSSR count). The molecule has 0 amide bonds. The molecule has 0 fully saturated rings. The molecule has 0 N–H and O–H groups in total. The van der Waals surface area contributed by atoms with Gasteiger partial charge in [-0.1, -0.05) is 82.1 Å². The summed E-state index contributed by atoms with van der Waals surface area (Å²) in [5.74, 6) is -0.799. The fraction of sp³-hybridized carbons (Fsp3) is 0.167. The lowest BCUT2D eigenvalue weighted by Gasteiger charge is -2.22. The number of fused-ring (bicyclic) bond motifs is 1. The van der Waals surface area contributed by atoms with E-state index in [0.29, 0.717) is 17.0 Å². The Bertz CT molecular complexity index is 1470. The SMILES string of the molecule is COC(=O)c1ccccc1C(Br)CC(OC(C)=O)c1cccc(C=Cc2ccc3ccc(Cl)cc3n2)c1. The smallest absolute Gasteiger partial charge is 0.338 e. The lowest BCUT2D eigenvalue weighted by atomic mass is 9.96. The van der Waals surface area contributed by atoms with E-state index in [1.807, 2.05) is 78.9 Å². The van der Waals surface area contributed by atoms with E-state index in [2.05, 4.69) is 20.9 Å². The van der Waals surface area contributed by atoms with Crippen molar-refractivity contribution in [2.45, 2.75) is 24.3 Å². The third kappa shape index (κ3) is 6.85. The Kier molecular flexibility index (Phi) is 8.74. The van der Waals surface area contributed by atoms with E-state index in [0.717, 1.165) is 33.3 Å². The molecule has 0 spiro atoms. The van der Waals surface area contributed by atoms with Crippen molar-refractivity contribution in [3.8, 4) is 0 Å². The van der Waals surface area contributed by atoms with Gasteiger partial charge in [0.1, 0.15) is 6.10 Å². The third-order valence-electron chi connectivity index (χ3n) is 5.84. The van der Waals surface area contributed by atoms with E-state index < -0.39 is 12.1 Å². The van der Waals surface area contributed by atoms with E-state index in [4.69, 9.17) is 21.1 Å². The van der Waals surface area contributed by atoms with E-state index in [1.165, 1.54) is 14.0 Å². The quantitative estimate of drug-likeness (QED) is 0.157. The van der Waals surface area contributed by atoms with E-state index in [-0.39, 0.29) is 10.8 Å². The van der Waals surface area contributed by atoms with Crippen LogP contribution >= 0.6 is 27.5 Å². The first kappa shape index (κ1) is 26.6. The summed E-state index contributed by atoms with van der Waals surface area (Å²) in [5.41, 5.74) is 4.64. The molecule has 1 aromatic heterocycles. The standard InChI is InChI=1S/C30H25BrClNO4/c1-19(34)37-29(18-27(31)25-8-3-4-9-26(25)30(35)36-2)22-7-5-6-20(16-22)10-14-24-15-12-21-11-13-23(32)17-28(21)33-24/h3-17,27,29H,18H2,1-2H3. The molecule has 4 aromatic rings. The van der Waals surface area contributed by atoms with Gasteiger partial charge in [0.25, 0.3) is 0 Å². The van der Waals surface area contributed by atoms with Crippen LogP contribution in [-0.4, -0.2) is 24.0 Å². The average Bonchev–Trinajstić information content (AvgIpc) is 2.90. The van der Waals surface area contributed by atoms with Gasteiger partial charge in [-0.05, 0) is 53.1 Å². The molecule has 0 aliphatic carbocycles. The topological polar surface area (TPSA) is 65.5 Å². The predicted molar refractivity (Wildman–Crippen MR) is 151 cm³/mol. The molecule has 0 radical (unpaired) electrons. The second kappa shape index (κ2) is 12.2. The summed E-state index contributed by atoms with van der Waals surface area (Å²) in [6.45, 7) is 1.39. The molecule has 0 aliphatic heterocycles. The summed E-state index contributed by atoms with van der Waals surface area (Å²) >= 11 is 9.81. The van der Waals surface area contributed by atoms with Crippen LogP contribution in [0.4, 0.5) is 0 Å². The molecule has 0 saturated carbocycles. The highest BCUT2D eigenvalue weighted by Gasteiger charge is 2.24. The van der Waals surface area contributed by atoms with Gasteiger partial charge in [0.15, 0.2) is 0 Å². The largest absolute Gasteiger partial charge is 0.465 e. The summed E-state index contributed by atoms with van der Waals surface area (Å²) in [4.78, 5) is 28.6. The van der Waals surface area contributed by atoms with Gasteiger partial charge in [0.2, 0.25) is 0 Å². The minimum Gasteiger partial charge on any atom is -0.465 e. The first-order chi connectivity index (χ1) is 17.8. The second-order valence-electron chi connectivity index (χ2n) is 8.46. The molecule has 37 heavy (non-hydrogen) atoms. The normalized spacial score (nSPS) is 12.9. The van der Waals surface area contributed by atoms with Crippen molar-refractivity contribution in [2.24, 2.45) is 0 Å². The Labute approximate surface area is 229 Å². The zero-order chi connectivity index (χ0) is 26.4. The van der Waals surface area contributed by atoms with Crippen LogP contribution in [-0.2, 0) is 14.3 Å². The van der Waals surface area contributed by atoms with Gasteiger partial charge in [0, 0.05) is 28.6 Å². The number of rotatable bonds is 8. The van der Waals surface area contributed by atoms with E-state index in [1.54, 1.807) is 12.1 Å². The number of hydrogen-bond acceptors (Lipinski definition) is 5. The maximum absolute atomic E-state index is 12.2. The third-order valence-corrected chi connectivity index (χ3v) is 6.94. The highest BCUT2D eigenvalue weighted by atomic mass is 79.9. The second-order valence-corrected chi connectivity index (χ2v) is 10.00. The molecule has 1 heterocycles. The fourth-order valence-electron chi connectivity index (χ4n) is 4.08. The number of ether oxygens (including phenoxy) is 2. The number of benzene rings is 3. The molecule has 188 valence electrons. The Balaban J connectivity index is 1.58. The lowest BCUT2D eigenvalue weighted by Crippen LogP contribution is -2.13. The molecule has 0 saturated heterocycles. The Morgan fingerprint density at radius 3 is 2.57 bits per heavy atom. The maximum atomic E-state index is 12.2. The lowest BCUT2D eigenvalue weighted by molar-refractivity contribution is -0.147. The molecule has 2 unspecified atom stereocenters. The Morgan fingerprint density at radius 1 is 1.00 bits per heavy atom. The van der Waals surface area contributed by atoms with Gasteiger partial charge in [-0.3, -0.25) is 4.79 Å². The highest BCUT2D eigenvalue weighted by molar-refractivity contribution is 9.09. The highest BCUT2D eigenvalue weighted by Crippen LogP contribution is 2.37. The maximum Gasteiger partial charge on any atom is 0.338 e. The van der Waals surface area contributed by atoms with Crippen LogP contribution in [0.5, 0.6) is 0 Å². The van der Waals surface area contributed by atoms with Gasteiger partial charge in [-0.2, -0.15) is 0 Å². The minimum atomic E-state index is -0.526. The average molecular weight is 579 g/mol. The number of halogens is 2. The number of nitrogens with zero attached hydrogens (tertiary/aromatic N) is 1. The van der Waals surface area contributed by atoms with Gasteiger partial charge in [-0.15, -0.1) is 0 Å². The Hall–Kier alpha value is -3.48. The van der Waals surface area contributed by atoms with Crippen molar-refractivity contribution < 1.29 is 19.1 Å². The van der Waals surface area contributed by atoms with Crippen molar-refractivity contribution in [3.63, 3.8) is 0 Å². The van der Waals surface area contributed by atoms with Crippen molar-refractivity contribution >= 4 is 62.5 Å². The zero-order valence-corrected chi connectivity index (χ0v) is 22.7. The number of alkyl halides is 1. The van der Waals surface area contributed by atoms with Gasteiger partial charge < -0.3 is 9.47 Å². The molecule has 2 atom stereocenters. The summed E-state index contributed by atoms with van der Waals surface area (Å²) in [5, 5.41) is 1.66. The van der Waals surface area contributed by atoms with Crippen molar-refractivity contribution in [1.29, 1.82) is 0 Å². The fourth-order valence-corrected chi connectivity index (χ4v) is 4.98. The van der Waals surface area contributed by atoms with Crippen molar-refractivity contribution in [2.75, 3.05) is 7.11 Å². The van der Waals surface area contributed by atoms with E-state index in [9.17, 15) is 9.59 Å². The number of esters is 2. The van der Waals surface area contributed by atoms with Crippen LogP contribution in [0, 0.1) is 0 Å². The first-order valence-corrected chi connectivity index (χ1v) is 13.0. The number of aromatic nitrogens is 1. The summed E-state index contributed by atoms with van der Waals surface area (Å²) in [6, 6.07) is 24.6. The number of methoxy groups -OCH3 is 1. The van der Waals surface area contributed by atoms with Gasteiger partial charge >= 0.3 is 11.9 Å². The molecule has 5 nitrogen and oxygen atoms in total. The summed E-state index contributed by atoms with van der Waals surface area (Å²) in [6.07, 6.45) is 3.79. The van der Waals surface area contributed by atoms with E-state index >= 15 is 0 Å². The van der Waals surface area contributed by atoms with Crippen LogP contribution < -0.4 is 0 Å². The molecule has 0 bridgehead atoms. The minimum absolute atomic E-state index is 0.250. The van der Waals surface area contributed by atoms with Crippen molar-refractivity contribution in [1.82, 2.24) is 4.98 Å². The number of pyridine rings is 1. The Morgan fingerprint density at radius 2 is 1.78 bits per heavy atom. The van der Waals surface area contributed by atoms with Crippen LogP contribution in [0.2, 0.25) is 5.02 Å². The zero-order valence-electron chi connectivity index (χ0n) is 20.4. The number of hydrogen-bond donors (Lipinski definition) is 0. The van der Waals surface area contributed by atoms with Crippen molar-refractivity contribution in [3.05, 3.63) is 112 Å². The molecular weight excluding hydrogens is 554 g/mol. The molecular formula is C30H25BrClNO4. The predicted octanol–water partition coefficient (Wildman–Crippen LogP) is 7.98. The summed E-state index contributed by atoms with van der Waals surface area (Å²) < 4.78 is 10.6. The monoisotopic (exact) mass is 577 g/mol. The van der Waals surface area contributed by atoms with Gasteiger partial charge in [-0.25, -0.2) is 9.78 Å². The van der Waals surface area contributed by atoms with Crippen LogP contribution in [0.3, 0.4) is 0 Å². The summed E-state index contributed by atoms with van der Waals surface area (Å²) in [7, 11) is 1.35. The van der Waals surface area contributed by atoms with Crippen LogP contribution in [0.15, 0.2) is 78.9 Å². The number of carbonyl (C=O) groups excluding carboxylic acids is 2. The van der Waals surface area contributed by atoms with Crippen LogP contribution in [0.25, 0.3) is 23.1 Å². The van der Waals surface area contributed by atoms with Gasteiger partial charge in [0.05, 0.1) is 23.9 Å². The number of carbonyl (C=O) groups is 2.